The van der Waals surface area contributed by atoms with Gasteiger partial charge in [0.1, 0.15) is 0 Å². The average Bonchev–Trinajstić information content (AvgIpc) is 2.39. The summed E-state index contributed by atoms with van der Waals surface area (Å²) >= 11 is 1.90. The Morgan fingerprint density at radius 1 is 1.16 bits per heavy atom. The smallest absolute Gasteiger partial charge is 0.227 e. The minimum atomic E-state index is -0.118. The number of carbonyl (C=O) groups is 2. The van der Waals surface area contributed by atoms with Gasteiger partial charge in [-0.2, -0.15) is 11.8 Å². The highest BCUT2D eigenvalue weighted by Gasteiger charge is 2.21. The number of amides is 2. The van der Waals surface area contributed by atoms with Gasteiger partial charge in [-0.3, -0.25) is 9.59 Å². The van der Waals surface area contributed by atoms with Gasteiger partial charge >= 0.3 is 0 Å². The molecule has 1 fully saturated rings. The lowest BCUT2D eigenvalue weighted by Gasteiger charge is -2.20. The molecule has 2 N–H and O–H groups in total. The maximum Gasteiger partial charge on any atom is 0.227 e. The first kappa shape index (κ1) is 13.9. The van der Waals surface area contributed by atoms with Crippen LogP contribution in [0.3, 0.4) is 0 Å². The van der Waals surface area contributed by atoms with E-state index in [1.807, 2.05) is 23.9 Å². The fraction of sp³-hybridized carbons (Fsp3) is 0.429. The molecule has 4 nitrogen and oxygen atoms in total. The van der Waals surface area contributed by atoms with Crippen molar-refractivity contribution in [3.05, 3.63) is 24.3 Å². The van der Waals surface area contributed by atoms with Crippen molar-refractivity contribution >= 4 is 35.0 Å². The van der Waals surface area contributed by atoms with Crippen LogP contribution in [0, 0.1) is 5.92 Å². The second-order valence-corrected chi connectivity index (χ2v) is 5.86. The second-order valence-electron chi connectivity index (χ2n) is 4.64. The third kappa shape index (κ3) is 4.28. The van der Waals surface area contributed by atoms with E-state index in [0.29, 0.717) is 5.69 Å². The van der Waals surface area contributed by atoms with Crippen LogP contribution in [-0.2, 0) is 9.59 Å². The van der Waals surface area contributed by atoms with Crippen LogP contribution in [0.2, 0.25) is 0 Å². The number of carbonyl (C=O) groups excluding carboxylic acids is 2. The molecule has 0 spiro atoms. The first-order valence-corrected chi connectivity index (χ1v) is 7.57. The van der Waals surface area contributed by atoms with Crippen molar-refractivity contribution in [2.75, 3.05) is 22.1 Å². The minimum Gasteiger partial charge on any atom is -0.326 e. The number of anilines is 2. The highest BCUT2D eigenvalue weighted by Crippen LogP contribution is 2.24. The monoisotopic (exact) mass is 278 g/mol. The SMILES string of the molecule is CC(=O)Nc1cccc(NC(=O)C2CCSCC2)c1. The average molecular weight is 278 g/mol. The number of hydrogen-bond acceptors (Lipinski definition) is 3. The fourth-order valence-corrected chi connectivity index (χ4v) is 3.19. The van der Waals surface area contributed by atoms with Crippen LogP contribution in [-0.4, -0.2) is 23.3 Å². The summed E-state index contributed by atoms with van der Waals surface area (Å²) in [7, 11) is 0. The van der Waals surface area contributed by atoms with Crippen molar-refractivity contribution in [2.45, 2.75) is 19.8 Å². The van der Waals surface area contributed by atoms with Crippen LogP contribution >= 0.6 is 11.8 Å². The normalized spacial score (nSPS) is 15.8. The van der Waals surface area contributed by atoms with E-state index in [2.05, 4.69) is 10.6 Å². The second kappa shape index (κ2) is 6.61. The molecule has 1 aliphatic heterocycles. The van der Waals surface area contributed by atoms with Gasteiger partial charge in [-0.15, -0.1) is 0 Å². The molecule has 0 saturated carbocycles. The molecule has 0 aliphatic carbocycles. The Labute approximate surface area is 117 Å². The molecule has 102 valence electrons. The molecule has 0 bridgehead atoms. The van der Waals surface area contributed by atoms with Gasteiger partial charge in [-0.25, -0.2) is 0 Å². The van der Waals surface area contributed by atoms with Gasteiger partial charge in [0.15, 0.2) is 0 Å². The van der Waals surface area contributed by atoms with Crippen molar-refractivity contribution in [1.82, 2.24) is 0 Å². The first-order chi connectivity index (χ1) is 9.15. The minimum absolute atomic E-state index is 0.0836. The lowest BCUT2D eigenvalue weighted by atomic mass is 10.0. The number of thioether (sulfide) groups is 1. The van der Waals surface area contributed by atoms with Crippen LogP contribution in [0.15, 0.2) is 24.3 Å². The summed E-state index contributed by atoms with van der Waals surface area (Å²) in [5.41, 5.74) is 1.43. The highest BCUT2D eigenvalue weighted by atomic mass is 32.2. The van der Waals surface area contributed by atoms with Crippen LogP contribution in [0.5, 0.6) is 0 Å². The van der Waals surface area contributed by atoms with E-state index < -0.39 is 0 Å². The molecule has 5 heteroatoms. The van der Waals surface area contributed by atoms with Gasteiger partial charge in [0, 0.05) is 24.2 Å². The highest BCUT2D eigenvalue weighted by molar-refractivity contribution is 7.99. The Balaban J connectivity index is 1.97. The zero-order chi connectivity index (χ0) is 13.7. The molecule has 2 amide bonds. The maximum absolute atomic E-state index is 12.1. The number of benzene rings is 1. The third-order valence-electron chi connectivity index (χ3n) is 3.04. The molecule has 19 heavy (non-hydrogen) atoms. The van der Waals surface area contributed by atoms with Crippen molar-refractivity contribution in [1.29, 1.82) is 0 Å². The van der Waals surface area contributed by atoms with Crippen LogP contribution in [0.4, 0.5) is 11.4 Å². The van der Waals surface area contributed by atoms with E-state index in [1.165, 1.54) is 6.92 Å². The van der Waals surface area contributed by atoms with E-state index in [9.17, 15) is 9.59 Å². The van der Waals surface area contributed by atoms with Crippen molar-refractivity contribution in [3.8, 4) is 0 Å². The van der Waals surface area contributed by atoms with E-state index in [4.69, 9.17) is 0 Å². The summed E-state index contributed by atoms with van der Waals surface area (Å²) in [6.45, 7) is 1.46. The van der Waals surface area contributed by atoms with E-state index in [0.717, 1.165) is 30.0 Å². The zero-order valence-corrected chi connectivity index (χ0v) is 11.8. The van der Waals surface area contributed by atoms with Gasteiger partial charge in [-0.05, 0) is 42.5 Å². The number of hydrogen-bond donors (Lipinski definition) is 2. The molecule has 0 atom stereocenters. The number of rotatable bonds is 3. The van der Waals surface area contributed by atoms with Gasteiger partial charge in [0.2, 0.25) is 11.8 Å². The summed E-state index contributed by atoms with van der Waals surface area (Å²) in [6, 6.07) is 7.23. The molecule has 1 aliphatic rings. The van der Waals surface area contributed by atoms with Crippen molar-refractivity contribution in [2.24, 2.45) is 5.92 Å². The summed E-state index contributed by atoms with van der Waals surface area (Å²) in [6.07, 6.45) is 1.89. The molecule has 1 aromatic carbocycles. The molecular weight excluding hydrogens is 260 g/mol. The molecule has 0 radical (unpaired) electrons. The third-order valence-corrected chi connectivity index (χ3v) is 4.09. The van der Waals surface area contributed by atoms with E-state index in [-0.39, 0.29) is 17.7 Å². The Hall–Kier alpha value is -1.49. The van der Waals surface area contributed by atoms with Crippen LogP contribution in [0.25, 0.3) is 0 Å². The molecule has 2 rings (SSSR count). The van der Waals surface area contributed by atoms with Gasteiger partial charge in [0.25, 0.3) is 0 Å². The largest absolute Gasteiger partial charge is 0.326 e. The molecule has 0 aromatic heterocycles. The molecule has 1 heterocycles. The summed E-state index contributed by atoms with van der Waals surface area (Å²) in [5, 5.41) is 5.63. The molecular formula is C14H18N2O2S. The summed E-state index contributed by atoms with van der Waals surface area (Å²) < 4.78 is 0. The Bertz CT molecular complexity index is 470. The quantitative estimate of drug-likeness (QED) is 0.893. The van der Waals surface area contributed by atoms with Crippen molar-refractivity contribution in [3.63, 3.8) is 0 Å². The lowest BCUT2D eigenvalue weighted by molar-refractivity contribution is -0.120. The van der Waals surface area contributed by atoms with Crippen LogP contribution < -0.4 is 10.6 Å². The van der Waals surface area contributed by atoms with Crippen molar-refractivity contribution < 1.29 is 9.59 Å². The molecule has 1 saturated heterocycles. The van der Waals surface area contributed by atoms with Gasteiger partial charge < -0.3 is 10.6 Å². The maximum atomic E-state index is 12.1. The fourth-order valence-electron chi connectivity index (χ4n) is 2.08. The first-order valence-electron chi connectivity index (χ1n) is 6.41. The topological polar surface area (TPSA) is 58.2 Å². The predicted octanol–water partition coefficient (Wildman–Crippen LogP) is 2.73. The number of nitrogens with one attached hydrogen (secondary N) is 2. The zero-order valence-electron chi connectivity index (χ0n) is 10.9. The molecule has 0 unspecified atom stereocenters. The Morgan fingerprint density at radius 2 is 1.79 bits per heavy atom. The predicted molar refractivity (Wildman–Crippen MR) is 79.4 cm³/mol. The standard InChI is InChI=1S/C14H18N2O2S/c1-10(17)15-12-3-2-4-13(9-12)16-14(18)11-5-7-19-8-6-11/h2-4,9,11H,5-8H2,1H3,(H,15,17)(H,16,18). The lowest BCUT2D eigenvalue weighted by Crippen LogP contribution is -2.26. The molecule has 1 aromatic rings. The summed E-state index contributed by atoms with van der Waals surface area (Å²) in [5.74, 6) is 2.20. The van der Waals surface area contributed by atoms with Gasteiger partial charge in [-0.1, -0.05) is 6.07 Å². The van der Waals surface area contributed by atoms with Crippen LogP contribution in [0.1, 0.15) is 19.8 Å². The summed E-state index contributed by atoms with van der Waals surface area (Å²) in [4.78, 5) is 23.1. The van der Waals surface area contributed by atoms with E-state index in [1.54, 1.807) is 12.1 Å². The van der Waals surface area contributed by atoms with E-state index >= 15 is 0 Å². The Morgan fingerprint density at radius 3 is 2.42 bits per heavy atom. The van der Waals surface area contributed by atoms with Gasteiger partial charge in [0.05, 0.1) is 0 Å². The Kier molecular flexibility index (Phi) is 4.85.